The lowest BCUT2D eigenvalue weighted by Crippen LogP contribution is -2.35. The van der Waals surface area contributed by atoms with Gasteiger partial charge in [0.15, 0.2) is 11.6 Å². The third kappa shape index (κ3) is 3.37. The highest BCUT2D eigenvalue weighted by Crippen LogP contribution is 2.33. The summed E-state index contributed by atoms with van der Waals surface area (Å²) in [6.07, 6.45) is -4.95. The van der Waals surface area contributed by atoms with Gasteiger partial charge in [0.25, 0.3) is 5.91 Å². The molecule has 0 radical (unpaired) electrons. The molecule has 9 heteroatoms. The maximum Gasteiger partial charge on any atom is 0.416 e. The Morgan fingerprint density at radius 1 is 1.00 bits per heavy atom. The second-order valence-electron chi connectivity index (χ2n) is 5.65. The first kappa shape index (κ1) is 17.8. The smallest absolute Gasteiger partial charge is 0.373 e. The Kier molecular flexibility index (Phi) is 4.39. The lowest BCUT2D eigenvalue weighted by Gasteiger charge is -2.17. The van der Waals surface area contributed by atoms with E-state index in [1.807, 2.05) is 0 Å². The van der Waals surface area contributed by atoms with E-state index in [0.717, 1.165) is 24.3 Å². The van der Waals surface area contributed by atoms with Crippen LogP contribution in [0.15, 0.2) is 42.5 Å². The number of hydrogen-bond acceptors (Lipinski definition) is 3. The number of anilines is 2. The summed E-state index contributed by atoms with van der Waals surface area (Å²) in [5, 5.41) is 2.59. The van der Waals surface area contributed by atoms with Crippen LogP contribution in [-0.4, -0.2) is 17.9 Å². The maximum atomic E-state index is 13.2. The molecule has 26 heavy (non-hydrogen) atoms. The zero-order valence-electron chi connectivity index (χ0n) is 13.0. The second-order valence-corrected chi connectivity index (χ2v) is 5.65. The molecule has 2 amide bonds. The van der Waals surface area contributed by atoms with Gasteiger partial charge in [-0.2, -0.15) is 13.2 Å². The summed E-state index contributed by atoms with van der Waals surface area (Å²) in [5.74, 6) is -3.69. The van der Waals surface area contributed by atoms with Gasteiger partial charge in [-0.3, -0.25) is 9.59 Å². The Bertz CT molecular complexity index is 882. The quantitative estimate of drug-likeness (QED) is 0.662. The topological polar surface area (TPSA) is 49.4 Å². The van der Waals surface area contributed by atoms with Crippen molar-refractivity contribution in [2.45, 2.75) is 18.6 Å². The average molecular weight is 370 g/mol. The molecule has 2 aromatic rings. The Labute approximate surface area is 144 Å². The van der Waals surface area contributed by atoms with Crippen molar-refractivity contribution in [1.82, 2.24) is 0 Å². The Hall–Kier alpha value is -2.97. The van der Waals surface area contributed by atoms with Gasteiger partial charge in [-0.1, -0.05) is 6.07 Å². The van der Waals surface area contributed by atoms with Crippen molar-refractivity contribution >= 4 is 23.2 Å². The van der Waals surface area contributed by atoms with Crippen molar-refractivity contribution in [3.8, 4) is 0 Å². The van der Waals surface area contributed by atoms with E-state index < -0.39 is 41.2 Å². The molecule has 1 aliphatic rings. The molecule has 4 nitrogen and oxygen atoms in total. The van der Waals surface area contributed by atoms with Crippen LogP contribution < -0.4 is 10.2 Å². The molecular weight excluding hydrogens is 359 g/mol. The van der Waals surface area contributed by atoms with E-state index in [1.165, 1.54) is 12.1 Å². The number of amides is 2. The van der Waals surface area contributed by atoms with Crippen molar-refractivity contribution in [2.24, 2.45) is 0 Å². The first-order valence-corrected chi connectivity index (χ1v) is 7.42. The first-order chi connectivity index (χ1) is 12.2. The van der Waals surface area contributed by atoms with Crippen LogP contribution in [0.4, 0.5) is 33.3 Å². The summed E-state index contributed by atoms with van der Waals surface area (Å²) in [6.45, 7) is 0. The Morgan fingerprint density at radius 3 is 2.38 bits per heavy atom. The van der Waals surface area contributed by atoms with Crippen LogP contribution in [0.2, 0.25) is 0 Å². The molecule has 1 atom stereocenters. The number of nitrogens with zero attached hydrogens (tertiary/aromatic N) is 1. The van der Waals surface area contributed by atoms with E-state index in [4.69, 9.17) is 0 Å². The minimum atomic E-state index is -4.62. The predicted octanol–water partition coefficient (Wildman–Crippen LogP) is 3.73. The highest BCUT2D eigenvalue weighted by atomic mass is 19.4. The van der Waals surface area contributed by atoms with E-state index in [9.17, 15) is 31.5 Å². The fourth-order valence-corrected chi connectivity index (χ4v) is 2.62. The average Bonchev–Trinajstić information content (AvgIpc) is 2.84. The molecule has 0 spiro atoms. The predicted molar refractivity (Wildman–Crippen MR) is 82.3 cm³/mol. The molecule has 3 rings (SSSR count). The van der Waals surface area contributed by atoms with Crippen LogP contribution >= 0.6 is 0 Å². The summed E-state index contributed by atoms with van der Waals surface area (Å²) in [6, 6.07) is 5.59. The van der Waals surface area contributed by atoms with Crippen LogP contribution in [0.5, 0.6) is 0 Å². The van der Waals surface area contributed by atoms with Crippen LogP contribution in [0.1, 0.15) is 12.0 Å². The van der Waals surface area contributed by atoms with Crippen molar-refractivity contribution < 1.29 is 31.5 Å². The summed E-state index contributed by atoms with van der Waals surface area (Å²) in [4.78, 5) is 25.2. The van der Waals surface area contributed by atoms with Crippen molar-refractivity contribution in [1.29, 1.82) is 0 Å². The lowest BCUT2D eigenvalue weighted by atomic mass is 10.2. The van der Waals surface area contributed by atoms with Crippen molar-refractivity contribution in [3.05, 3.63) is 59.7 Å². The fourth-order valence-electron chi connectivity index (χ4n) is 2.62. The largest absolute Gasteiger partial charge is 0.416 e. The van der Waals surface area contributed by atoms with Gasteiger partial charge < -0.3 is 5.32 Å². The Morgan fingerprint density at radius 2 is 1.73 bits per heavy atom. The molecule has 0 bridgehead atoms. The molecule has 136 valence electrons. The van der Waals surface area contributed by atoms with Crippen LogP contribution in [-0.2, 0) is 15.8 Å². The molecule has 0 unspecified atom stereocenters. The van der Waals surface area contributed by atoms with Crippen molar-refractivity contribution in [3.63, 3.8) is 0 Å². The SMILES string of the molecule is O=C1C[C@@H](Nc2ccc(F)c(F)c2)C(=O)N1c1cccc(C(F)(F)F)c1. The summed E-state index contributed by atoms with van der Waals surface area (Å²) >= 11 is 0. The minimum Gasteiger partial charge on any atom is -0.373 e. The highest BCUT2D eigenvalue weighted by Gasteiger charge is 2.40. The van der Waals surface area contributed by atoms with Crippen molar-refractivity contribution in [2.75, 3.05) is 10.2 Å². The standard InChI is InChI=1S/C17H11F5N2O2/c18-12-5-4-10(7-13(12)19)23-14-8-15(25)24(16(14)26)11-3-1-2-9(6-11)17(20,21)22/h1-7,14,23H,8H2/t14-/m1/s1. The number of halogens is 5. The molecule has 1 N–H and O–H groups in total. The minimum absolute atomic E-state index is 0.0703. The van der Waals surface area contributed by atoms with E-state index in [2.05, 4.69) is 5.32 Å². The van der Waals surface area contributed by atoms with Gasteiger partial charge in [0.2, 0.25) is 5.91 Å². The van der Waals surface area contributed by atoms with E-state index in [1.54, 1.807) is 0 Å². The zero-order valence-corrected chi connectivity index (χ0v) is 13.0. The first-order valence-electron chi connectivity index (χ1n) is 7.42. The second kappa shape index (κ2) is 6.40. The number of benzene rings is 2. The van der Waals surface area contributed by atoms with Gasteiger partial charge in [0, 0.05) is 11.8 Å². The van der Waals surface area contributed by atoms with Gasteiger partial charge in [0.1, 0.15) is 6.04 Å². The summed E-state index contributed by atoms with van der Waals surface area (Å²) < 4.78 is 64.6. The third-order valence-corrected chi connectivity index (χ3v) is 3.84. The molecule has 2 aromatic carbocycles. The molecule has 1 saturated heterocycles. The van der Waals surface area contributed by atoms with Gasteiger partial charge in [-0.15, -0.1) is 0 Å². The monoisotopic (exact) mass is 370 g/mol. The van der Waals surface area contributed by atoms with Gasteiger partial charge in [-0.25, -0.2) is 13.7 Å². The zero-order chi connectivity index (χ0) is 19.1. The summed E-state index contributed by atoms with van der Waals surface area (Å²) in [7, 11) is 0. The van der Waals surface area contributed by atoms with Gasteiger partial charge >= 0.3 is 6.18 Å². The number of hydrogen-bond donors (Lipinski definition) is 1. The molecule has 1 heterocycles. The van der Waals surface area contributed by atoms with Crippen LogP contribution in [0, 0.1) is 11.6 Å². The number of alkyl halides is 3. The highest BCUT2D eigenvalue weighted by molar-refractivity contribution is 6.23. The van der Waals surface area contributed by atoms with Crippen LogP contribution in [0.25, 0.3) is 0 Å². The molecule has 1 aliphatic heterocycles. The summed E-state index contributed by atoms with van der Waals surface area (Å²) in [5.41, 5.74) is -1.13. The fraction of sp³-hybridized carbons (Fsp3) is 0.176. The number of carbonyl (C=O) groups is 2. The number of nitrogens with one attached hydrogen (secondary N) is 1. The normalized spacial score (nSPS) is 17.7. The number of imide groups is 1. The number of carbonyl (C=O) groups excluding carboxylic acids is 2. The Balaban J connectivity index is 1.84. The molecule has 0 aliphatic carbocycles. The number of rotatable bonds is 3. The van der Waals surface area contributed by atoms with E-state index in [-0.39, 0.29) is 17.8 Å². The third-order valence-electron chi connectivity index (χ3n) is 3.84. The van der Waals surface area contributed by atoms with Gasteiger partial charge in [-0.05, 0) is 30.3 Å². The molecule has 0 aromatic heterocycles. The molecule has 0 saturated carbocycles. The van der Waals surface area contributed by atoms with Gasteiger partial charge in [0.05, 0.1) is 17.7 Å². The van der Waals surface area contributed by atoms with E-state index in [0.29, 0.717) is 11.0 Å². The van der Waals surface area contributed by atoms with Crippen LogP contribution in [0.3, 0.4) is 0 Å². The lowest BCUT2D eigenvalue weighted by molar-refractivity contribution is -0.137. The maximum absolute atomic E-state index is 13.2. The van der Waals surface area contributed by atoms with E-state index >= 15 is 0 Å². The molecule has 1 fully saturated rings. The molecular formula is C17H11F5N2O2.